The van der Waals surface area contributed by atoms with E-state index in [-0.39, 0.29) is 23.9 Å². The van der Waals surface area contributed by atoms with E-state index in [0.717, 1.165) is 18.7 Å². The Balaban J connectivity index is 1.57. The normalized spacial score (nSPS) is 21.6. The van der Waals surface area contributed by atoms with Gasteiger partial charge in [0.05, 0.1) is 11.6 Å². The molecule has 0 N–H and O–H groups in total. The Morgan fingerprint density at radius 1 is 1.32 bits per heavy atom. The van der Waals surface area contributed by atoms with Crippen LogP contribution < -0.4 is 4.90 Å². The second-order valence-corrected chi connectivity index (χ2v) is 6.20. The maximum atomic E-state index is 14.0. The SMILES string of the molecule is O=C1CC(c2nc(C3CC3)no2)CN1c1ccc(Cl)cc1F. The molecule has 1 saturated heterocycles. The van der Waals surface area contributed by atoms with Gasteiger partial charge in [-0.15, -0.1) is 0 Å². The molecule has 2 fully saturated rings. The van der Waals surface area contributed by atoms with E-state index in [1.54, 1.807) is 6.07 Å². The van der Waals surface area contributed by atoms with Crippen molar-refractivity contribution in [1.82, 2.24) is 10.1 Å². The lowest BCUT2D eigenvalue weighted by molar-refractivity contribution is -0.117. The first kappa shape index (κ1) is 13.7. The van der Waals surface area contributed by atoms with Gasteiger partial charge in [0.25, 0.3) is 0 Å². The summed E-state index contributed by atoms with van der Waals surface area (Å²) in [4.78, 5) is 18.0. The first-order valence-electron chi connectivity index (χ1n) is 7.20. The van der Waals surface area contributed by atoms with Gasteiger partial charge >= 0.3 is 0 Å². The Bertz CT molecular complexity index is 744. The summed E-state index contributed by atoms with van der Waals surface area (Å²) in [5.74, 6) is 0.732. The summed E-state index contributed by atoms with van der Waals surface area (Å²) >= 11 is 5.75. The van der Waals surface area contributed by atoms with E-state index in [1.165, 1.54) is 17.0 Å². The Kier molecular flexibility index (Phi) is 3.14. The van der Waals surface area contributed by atoms with Gasteiger partial charge in [-0.1, -0.05) is 16.8 Å². The molecule has 1 aromatic carbocycles. The second kappa shape index (κ2) is 5.05. The summed E-state index contributed by atoms with van der Waals surface area (Å²) in [5.41, 5.74) is 0.235. The molecular formula is C15H13ClFN3O2. The maximum Gasteiger partial charge on any atom is 0.232 e. The summed E-state index contributed by atoms with van der Waals surface area (Å²) in [5, 5.41) is 4.27. The van der Waals surface area contributed by atoms with Crippen molar-refractivity contribution in [2.45, 2.75) is 31.1 Å². The molecule has 4 rings (SSSR count). The molecule has 2 heterocycles. The molecule has 0 bridgehead atoms. The Hall–Kier alpha value is -1.95. The van der Waals surface area contributed by atoms with Crippen molar-refractivity contribution in [3.8, 4) is 0 Å². The quantitative estimate of drug-likeness (QED) is 0.870. The van der Waals surface area contributed by atoms with Crippen LogP contribution in [0.3, 0.4) is 0 Å². The molecule has 5 nitrogen and oxygen atoms in total. The topological polar surface area (TPSA) is 59.2 Å². The van der Waals surface area contributed by atoms with Crippen molar-refractivity contribution in [3.05, 3.63) is 40.8 Å². The molecule has 1 unspecified atom stereocenters. The number of halogens is 2. The zero-order valence-electron chi connectivity index (χ0n) is 11.6. The van der Waals surface area contributed by atoms with E-state index < -0.39 is 5.82 Å². The first-order valence-corrected chi connectivity index (χ1v) is 7.58. The van der Waals surface area contributed by atoms with Crippen LogP contribution in [0.1, 0.15) is 42.8 Å². The fraction of sp³-hybridized carbons (Fsp3) is 0.400. The van der Waals surface area contributed by atoms with Crippen molar-refractivity contribution in [2.75, 3.05) is 11.4 Å². The van der Waals surface area contributed by atoms with Gasteiger partial charge in [-0.2, -0.15) is 4.98 Å². The molecule has 114 valence electrons. The molecule has 7 heteroatoms. The molecule has 1 amide bonds. The summed E-state index contributed by atoms with van der Waals surface area (Å²) in [6.07, 6.45) is 2.42. The average Bonchev–Trinajstić information content (AvgIpc) is 3.08. The van der Waals surface area contributed by atoms with Crippen LogP contribution in [-0.4, -0.2) is 22.6 Å². The summed E-state index contributed by atoms with van der Waals surface area (Å²) in [7, 11) is 0. The molecule has 1 atom stereocenters. The summed E-state index contributed by atoms with van der Waals surface area (Å²) in [6, 6.07) is 4.29. The minimum absolute atomic E-state index is 0.155. The van der Waals surface area contributed by atoms with E-state index in [2.05, 4.69) is 10.1 Å². The number of benzene rings is 1. The van der Waals surface area contributed by atoms with E-state index in [0.29, 0.717) is 23.4 Å². The highest BCUT2D eigenvalue weighted by Gasteiger charge is 2.37. The van der Waals surface area contributed by atoms with Crippen LogP contribution in [0.4, 0.5) is 10.1 Å². The molecular weight excluding hydrogens is 309 g/mol. The minimum Gasteiger partial charge on any atom is -0.339 e. The lowest BCUT2D eigenvalue weighted by atomic mass is 10.1. The van der Waals surface area contributed by atoms with E-state index in [4.69, 9.17) is 16.1 Å². The van der Waals surface area contributed by atoms with Gasteiger partial charge in [-0.3, -0.25) is 4.79 Å². The van der Waals surface area contributed by atoms with Crippen molar-refractivity contribution < 1.29 is 13.7 Å². The number of nitrogens with zero attached hydrogens (tertiary/aromatic N) is 3. The predicted molar refractivity (Wildman–Crippen MR) is 77.4 cm³/mol. The van der Waals surface area contributed by atoms with Crippen molar-refractivity contribution in [2.24, 2.45) is 0 Å². The molecule has 1 aliphatic carbocycles. The third-order valence-corrected chi connectivity index (χ3v) is 4.31. The molecule has 0 spiro atoms. The fourth-order valence-electron chi connectivity index (χ4n) is 2.73. The molecule has 1 aliphatic heterocycles. The largest absolute Gasteiger partial charge is 0.339 e. The highest BCUT2D eigenvalue weighted by atomic mass is 35.5. The lowest BCUT2D eigenvalue weighted by Crippen LogP contribution is -2.25. The molecule has 2 aromatic rings. The number of rotatable bonds is 3. The number of hydrogen-bond acceptors (Lipinski definition) is 4. The highest BCUT2D eigenvalue weighted by Crippen LogP contribution is 2.39. The van der Waals surface area contributed by atoms with Crippen LogP contribution in [0, 0.1) is 5.82 Å². The predicted octanol–water partition coefficient (Wildman–Crippen LogP) is 3.26. The Labute approximate surface area is 131 Å². The van der Waals surface area contributed by atoms with Crippen LogP contribution in [0.15, 0.2) is 22.7 Å². The first-order chi connectivity index (χ1) is 10.6. The van der Waals surface area contributed by atoms with Crippen LogP contribution in [-0.2, 0) is 4.79 Å². The maximum absolute atomic E-state index is 14.0. The molecule has 1 saturated carbocycles. The highest BCUT2D eigenvalue weighted by molar-refractivity contribution is 6.30. The summed E-state index contributed by atoms with van der Waals surface area (Å²) < 4.78 is 19.3. The molecule has 1 aromatic heterocycles. The average molecular weight is 322 g/mol. The van der Waals surface area contributed by atoms with Gasteiger partial charge < -0.3 is 9.42 Å². The third kappa shape index (κ3) is 2.37. The zero-order valence-corrected chi connectivity index (χ0v) is 12.4. The molecule has 0 radical (unpaired) electrons. The number of carbonyl (C=O) groups is 1. The van der Waals surface area contributed by atoms with Gasteiger partial charge in [0.15, 0.2) is 5.82 Å². The van der Waals surface area contributed by atoms with Gasteiger partial charge in [-0.25, -0.2) is 4.39 Å². The smallest absolute Gasteiger partial charge is 0.232 e. The summed E-state index contributed by atoms with van der Waals surface area (Å²) in [6.45, 7) is 0.337. The van der Waals surface area contributed by atoms with Gasteiger partial charge in [0.2, 0.25) is 11.8 Å². The number of anilines is 1. The van der Waals surface area contributed by atoms with Crippen molar-refractivity contribution >= 4 is 23.2 Å². The zero-order chi connectivity index (χ0) is 15.3. The van der Waals surface area contributed by atoms with E-state index in [9.17, 15) is 9.18 Å². The number of aromatic nitrogens is 2. The number of amides is 1. The van der Waals surface area contributed by atoms with Crippen molar-refractivity contribution in [1.29, 1.82) is 0 Å². The lowest BCUT2D eigenvalue weighted by Gasteiger charge is -2.16. The van der Waals surface area contributed by atoms with Gasteiger partial charge in [-0.05, 0) is 31.0 Å². The minimum atomic E-state index is -0.509. The second-order valence-electron chi connectivity index (χ2n) is 5.77. The Morgan fingerprint density at radius 3 is 2.86 bits per heavy atom. The molecule has 22 heavy (non-hydrogen) atoms. The van der Waals surface area contributed by atoms with E-state index >= 15 is 0 Å². The number of hydrogen-bond donors (Lipinski definition) is 0. The standard InChI is InChI=1S/C15H13ClFN3O2/c16-10-3-4-12(11(17)6-10)20-7-9(5-13(20)21)15-18-14(19-22-15)8-1-2-8/h3-4,6,8-9H,1-2,5,7H2. The van der Waals surface area contributed by atoms with Crippen molar-refractivity contribution in [3.63, 3.8) is 0 Å². The van der Waals surface area contributed by atoms with Crippen LogP contribution in [0.2, 0.25) is 5.02 Å². The van der Waals surface area contributed by atoms with Crippen LogP contribution >= 0.6 is 11.6 Å². The van der Waals surface area contributed by atoms with E-state index in [1.807, 2.05) is 0 Å². The fourth-order valence-corrected chi connectivity index (χ4v) is 2.89. The number of carbonyl (C=O) groups excluding carboxylic acids is 1. The monoisotopic (exact) mass is 321 g/mol. The van der Waals surface area contributed by atoms with Crippen LogP contribution in [0.5, 0.6) is 0 Å². The van der Waals surface area contributed by atoms with Gasteiger partial charge in [0.1, 0.15) is 5.82 Å². The Morgan fingerprint density at radius 2 is 2.14 bits per heavy atom. The van der Waals surface area contributed by atoms with Gasteiger partial charge in [0, 0.05) is 23.9 Å². The third-order valence-electron chi connectivity index (χ3n) is 4.07. The van der Waals surface area contributed by atoms with Crippen LogP contribution in [0.25, 0.3) is 0 Å². The molecule has 2 aliphatic rings.